The highest BCUT2D eigenvalue weighted by Gasteiger charge is 2.24. The fourth-order valence-electron chi connectivity index (χ4n) is 5.33. The molecular weight excluding hydrogens is 460 g/mol. The molecule has 0 bridgehead atoms. The van der Waals surface area contributed by atoms with Gasteiger partial charge in [0, 0.05) is 70.7 Å². The van der Waals surface area contributed by atoms with Gasteiger partial charge in [-0.05, 0) is 47.7 Å². The first kappa shape index (κ1) is 25.4. The average Bonchev–Trinajstić information content (AvgIpc) is 2.95. The van der Waals surface area contributed by atoms with E-state index in [-0.39, 0.29) is 5.91 Å². The number of benzene rings is 2. The largest absolute Gasteiger partial charge is 0.493 e. The van der Waals surface area contributed by atoms with Crippen LogP contribution in [-0.4, -0.2) is 71.5 Å². The first-order chi connectivity index (χ1) is 18.2. The second-order valence-corrected chi connectivity index (χ2v) is 10.4. The van der Waals surface area contributed by atoms with E-state index in [1.165, 1.54) is 11.1 Å². The van der Waals surface area contributed by atoms with Gasteiger partial charge in [0.25, 0.3) is 0 Å². The number of nitrogens with zero attached hydrogens (tertiary/aromatic N) is 4. The zero-order valence-corrected chi connectivity index (χ0v) is 21.7. The topological polar surface area (TPSA) is 48.9 Å². The molecule has 2 aliphatic heterocycles. The summed E-state index contributed by atoms with van der Waals surface area (Å²) in [6, 6.07) is 22.7. The van der Waals surface area contributed by atoms with E-state index in [4.69, 9.17) is 4.74 Å². The van der Waals surface area contributed by atoms with E-state index in [1.54, 1.807) is 0 Å². The number of pyridine rings is 1. The Morgan fingerprint density at radius 3 is 2.22 bits per heavy atom. The summed E-state index contributed by atoms with van der Waals surface area (Å²) in [5, 5.41) is 0. The van der Waals surface area contributed by atoms with Crippen LogP contribution in [0, 0.1) is 5.92 Å². The van der Waals surface area contributed by atoms with Crippen LogP contribution in [0.2, 0.25) is 0 Å². The molecule has 6 heteroatoms. The van der Waals surface area contributed by atoms with E-state index in [0.29, 0.717) is 18.9 Å². The van der Waals surface area contributed by atoms with E-state index >= 15 is 0 Å². The van der Waals surface area contributed by atoms with Crippen LogP contribution < -0.4 is 4.74 Å². The van der Waals surface area contributed by atoms with Crippen LogP contribution in [0.5, 0.6) is 5.75 Å². The molecule has 5 rings (SSSR count). The SMILES string of the molecule is O=C(Cc1ccccc1)N1CCC[C@H](COc2ccc(CN3CCN(Cc4cccnc4)CC3)cc2)C1. The Bertz CT molecular complexity index is 1100. The number of aromatic nitrogens is 1. The number of piperazine rings is 1. The molecule has 2 saturated heterocycles. The number of rotatable bonds is 9. The van der Waals surface area contributed by atoms with Crippen LogP contribution in [-0.2, 0) is 24.3 Å². The molecule has 0 unspecified atom stereocenters. The third-order valence-corrected chi connectivity index (χ3v) is 7.48. The number of likely N-dealkylation sites (tertiary alicyclic amines) is 1. The Morgan fingerprint density at radius 1 is 0.811 bits per heavy atom. The molecule has 0 radical (unpaired) electrons. The van der Waals surface area contributed by atoms with Crippen molar-refractivity contribution in [2.24, 2.45) is 5.92 Å². The summed E-state index contributed by atoms with van der Waals surface area (Å²) in [7, 11) is 0. The Kier molecular flexibility index (Phi) is 8.82. The van der Waals surface area contributed by atoms with Crippen LogP contribution >= 0.6 is 0 Å². The van der Waals surface area contributed by atoms with Crippen LogP contribution in [0.4, 0.5) is 0 Å². The molecule has 6 nitrogen and oxygen atoms in total. The molecule has 2 aliphatic rings. The lowest BCUT2D eigenvalue weighted by Crippen LogP contribution is -2.45. The maximum Gasteiger partial charge on any atom is 0.227 e. The predicted octanol–water partition coefficient (Wildman–Crippen LogP) is 4.26. The summed E-state index contributed by atoms with van der Waals surface area (Å²) in [4.78, 5) is 24.0. The minimum atomic E-state index is 0.221. The molecule has 3 heterocycles. The predicted molar refractivity (Wildman–Crippen MR) is 146 cm³/mol. The van der Waals surface area contributed by atoms with Crippen molar-refractivity contribution in [3.05, 3.63) is 95.8 Å². The van der Waals surface area contributed by atoms with Crippen molar-refractivity contribution in [3.63, 3.8) is 0 Å². The molecule has 2 aromatic carbocycles. The molecule has 0 aliphatic carbocycles. The summed E-state index contributed by atoms with van der Waals surface area (Å²) in [5.41, 5.74) is 3.69. The molecule has 0 spiro atoms. The molecule has 0 N–H and O–H groups in total. The first-order valence-electron chi connectivity index (χ1n) is 13.6. The van der Waals surface area contributed by atoms with Gasteiger partial charge in [0.2, 0.25) is 5.91 Å². The molecule has 0 saturated carbocycles. The smallest absolute Gasteiger partial charge is 0.227 e. The van der Waals surface area contributed by atoms with E-state index in [9.17, 15) is 4.79 Å². The van der Waals surface area contributed by atoms with Crippen molar-refractivity contribution in [1.82, 2.24) is 19.7 Å². The minimum Gasteiger partial charge on any atom is -0.493 e. The van der Waals surface area contributed by atoms with E-state index < -0.39 is 0 Å². The van der Waals surface area contributed by atoms with Crippen LogP contribution in [0.1, 0.15) is 29.5 Å². The third-order valence-electron chi connectivity index (χ3n) is 7.48. The van der Waals surface area contributed by atoms with Crippen molar-refractivity contribution in [2.75, 3.05) is 45.9 Å². The second kappa shape index (κ2) is 12.8. The van der Waals surface area contributed by atoms with Gasteiger partial charge in [0.1, 0.15) is 5.75 Å². The zero-order chi connectivity index (χ0) is 25.3. The maximum atomic E-state index is 12.8. The third kappa shape index (κ3) is 7.63. The molecule has 1 atom stereocenters. The summed E-state index contributed by atoms with van der Waals surface area (Å²) < 4.78 is 6.14. The lowest BCUT2D eigenvalue weighted by atomic mass is 9.98. The van der Waals surface area contributed by atoms with Gasteiger partial charge in [-0.2, -0.15) is 0 Å². The highest BCUT2D eigenvalue weighted by Crippen LogP contribution is 2.21. The van der Waals surface area contributed by atoms with Crippen molar-refractivity contribution >= 4 is 5.91 Å². The highest BCUT2D eigenvalue weighted by atomic mass is 16.5. The Hall–Kier alpha value is -3.22. The number of hydrogen-bond donors (Lipinski definition) is 0. The van der Waals surface area contributed by atoms with Gasteiger partial charge in [-0.15, -0.1) is 0 Å². The van der Waals surface area contributed by atoms with Crippen molar-refractivity contribution in [2.45, 2.75) is 32.4 Å². The van der Waals surface area contributed by atoms with Gasteiger partial charge >= 0.3 is 0 Å². The van der Waals surface area contributed by atoms with E-state index in [1.807, 2.05) is 53.7 Å². The lowest BCUT2D eigenvalue weighted by Gasteiger charge is -2.34. The molecular formula is C31H38N4O2. The van der Waals surface area contributed by atoms with Crippen molar-refractivity contribution < 1.29 is 9.53 Å². The normalized spacial score (nSPS) is 19.0. The quantitative estimate of drug-likeness (QED) is 0.441. The van der Waals surface area contributed by atoms with Gasteiger partial charge in [-0.3, -0.25) is 19.6 Å². The standard InChI is InChI=1S/C31H38N4O2/c36-31(20-26-6-2-1-3-7-26)35-15-5-9-29(24-35)25-37-30-12-10-27(11-13-30)22-33-16-18-34(19-17-33)23-28-8-4-14-32-21-28/h1-4,6-8,10-14,21,29H,5,9,15-20,22-25H2/t29-/m0/s1. The molecule has 37 heavy (non-hydrogen) atoms. The monoisotopic (exact) mass is 498 g/mol. The fraction of sp³-hybridized carbons (Fsp3) is 0.419. The van der Waals surface area contributed by atoms with Gasteiger partial charge in [0.15, 0.2) is 0 Å². The number of amides is 1. The Morgan fingerprint density at radius 2 is 1.51 bits per heavy atom. The number of carbonyl (C=O) groups is 1. The van der Waals surface area contributed by atoms with Crippen LogP contribution in [0.3, 0.4) is 0 Å². The number of carbonyl (C=O) groups excluding carboxylic acids is 1. The van der Waals surface area contributed by atoms with Crippen molar-refractivity contribution in [1.29, 1.82) is 0 Å². The number of ether oxygens (including phenoxy) is 1. The Balaban J connectivity index is 1.03. The molecule has 2 fully saturated rings. The zero-order valence-electron chi connectivity index (χ0n) is 21.7. The summed E-state index contributed by atoms with van der Waals surface area (Å²) >= 11 is 0. The van der Waals surface area contributed by atoms with Gasteiger partial charge in [-0.25, -0.2) is 0 Å². The summed E-state index contributed by atoms with van der Waals surface area (Å²) in [6.45, 7) is 8.60. The number of piperidine rings is 1. The average molecular weight is 499 g/mol. The first-order valence-corrected chi connectivity index (χ1v) is 13.6. The van der Waals surface area contributed by atoms with E-state index in [0.717, 1.165) is 76.5 Å². The maximum absolute atomic E-state index is 12.8. The van der Waals surface area contributed by atoms with E-state index in [2.05, 4.69) is 45.1 Å². The molecule has 1 aromatic heterocycles. The van der Waals surface area contributed by atoms with Gasteiger partial charge in [0.05, 0.1) is 13.0 Å². The molecule has 1 amide bonds. The summed E-state index contributed by atoms with van der Waals surface area (Å²) in [6.07, 6.45) is 6.43. The van der Waals surface area contributed by atoms with Crippen LogP contribution in [0.15, 0.2) is 79.1 Å². The van der Waals surface area contributed by atoms with Gasteiger partial charge < -0.3 is 9.64 Å². The number of hydrogen-bond acceptors (Lipinski definition) is 5. The summed E-state index contributed by atoms with van der Waals surface area (Å²) in [5.74, 6) is 1.52. The van der Waals surface area contributed by atoms with Crippen molar-refractivity contribution in [3.8, 4) is 5.75 Å². The lowest BCUT2D eigenvalue weighted by molar-refractivity contribution is -0.132. The fourth-order valence-corrected chi connectivity index (χ4v) is 5.33. The van der Waals surface area contributed by atoms with Gasteiger partial charge in [-0.1, -0.05) is 48.5 Å². The molecule has 194 valence electrons. The highest BCUT2D eigenvalue weighted by molar-refractivity contribution is 5.78. The molecule has 3 aromatic rings. The Labute approximate surface area is 220 Å². The van der Waals surface area contributed by atoms with Crippen LogP contribution in [0.25, 0.3) is 0 Å². The minimum absolute atomic E-state index is 0.221. The second-order valence-electron chi connectivity index (χ2n) is 10.4.